The summed E-state index contributed by atoms with van der Waals surface area (Å²) >= 11 is 1.65. The van der Waals surface area contributed by atoms with Crippen LogP contribution in [0.25, 0.3) is 10.2 Å². The van der Waals surface area contributed by atoms with Crippen molar-refractivity contribution >= 4 is 27.5 Å². The zero-order valence-electron chi connectivity index (χ0n) is 18.5. The molecule has 1 aromatic carbocycles. The van der Waals surface area contributed by atoms with Crippen molar-refractivity contribution in [3.05, 3.63) is 62.5 Å². The molecule has 1 N–H and O–H groups in total. The third-order valence-electron chi connectivity index (χ3n) is 5.83. The van der Waals surface area contributed by atoms with Crippen LogP contribution < -0.4 is 10.9 Å². The number of aryl methyl sites for hydroxylation is 1. The smallest absolute Gasteiger partial charge is 0.263 e. The summed E-state index contributed by atoms with van der Waals surface area (Å²) < 4.78 is 1.57. The Morgan fingerprint density at radius 2 is 2.06 bits per heavy atom. The molecule has 0 saturated heterocycles. The topological polar surface area (TPSA) is 67.2 Å². The average Bonchev–Trinajstić information content (AvgIpc) is 3.08. The van der Waals surface area contributed by atoms with Gasteiger partial charge in [-0.15, -0.1) is 11.3 Å². The molecule has 6 nitrogen and oxygen atoms in total. The lowest BCUT2D eigenvalue weighted by atomic mass is 9.89. The van der Waals surface area contributed by atoms with Crippen molar-refractivity contribution in [2.24, 2.45) is 5.92 Å². The van der Waals surface area contributed by atoms with Gasteiger partial charge in [-0.2, -0.15) is 0 Å². The number of nitrogens with one attached hydrogen (secondary N) is 1. The molecule has 0 spiro atoms. The van der Waals surface area contributed by atoms with Gasteiger partial charge in [-0.25, -0.2) is 4.98 Å². The highest BCUT2D eigenvalue weighted by Crippen LogP contribution is 2.35. The number of amides is 1. The molecule has 7 heteroatoms. The lowest BCUT2D eigenvalue weighted by molar-refractivity contribution is -0.121. The summed E-state index contributed by atoms with van der Waals surface area (Å²) in [6.45, 7) is 3.32. The first-order valence-electron chi connectivity index (χ1n) is 10.9. The van der Waals surface area contributed by atoms with Gasteiger partial charge in [0.1, 0.15) is 17.2 Å². The van der Waals surface area contributed by atoms with Crippen molar-refractivity contribution in [1.82, 2.24) is 19.8 Å². The molecular weight excluding hydrogens is 408 g/mol. The quantitative estimate of drug-likeness (QED) is 0.616. The molecule has 1 atom stereocenters. The molecule has 0 aliphatic heterocycles. The van der Waals surface area contributed by atoms with E-state index < -0.39 is 0 Å². The molecule has 31 heavy (non-hydrogen) atoms. The Morgan fingerprint density at radius 3 is 2.81 bits per heavy atom. The number of nitrogens with zero attached hydrogens (tertiary/aromatic N) is 3. The number of carbonyl (C=O) groups is 1. The third-order valence-corrected chi connectivity index (χ3v) is 6.98. The minimum atomic E-state index is -0.156. The number of hydrogen-bond acceptors (Lipinski definition) is 5. The number of rotatable bonds is 7. The van der Waals surface area contributed by atoms with Crippen molar-refractivity contribution < 1.29 is 4.79 Å². The van der Waals surface area contributed by atoms with Gasteiger partial charge in [-0.3, -0.25) is 14.2 Å². The normalized spacial score (nSPS) is 15.9. The maximum Gasteiger partial charge on any atom is 0.263 e. The molecular formula is C24H30N4O2S. The molecule has 4 rings (SSSR count). The molecule has 0 bridgehead atoms. The SMILES string of the molecule is CC1CCc2c(sc3nc(CN(C)C)n(CC(=O)NCCc4ccccc4)c(=O)c23)C1. The highest BCUT2D eigenvalue weighted by molar-refractivity contribution is 7.18. The van der Waals surface area contributed by atoms with Crippen LogP contribution >= 0.6 is 11.3 Å². The van der Waals surface area contributed by atoms with E-state index in [1.807, 2.05) is 49.3 Å². The Kier molecular flexibility index (Phi) is 6.53. The number of carbonyl (C=O) groups excluding carboxylic acids is 1. The first-order valence-corrected chi connectivity index (χ1v) is 11.7. The molecule has 1 amide bonds. The predicted octanol–water partition coefficient (Wildman–Crippen LogP) is 3.00. The van der Waals surface area contributed by atoms with Crippen LogP contribution in [0.2, 0.25) is 0 Å². The second kappa shape index (κ2) is 9.32. The standard InChI is InChI=1S/C24H30N4O2S/c1-16-9-10-18-19(13-16)31-23-22(18)24(30)28(20(26-23)14-27(2)3)15-21(29)25-12-11-17-7-5-4-6-8-17/h4-8,16H,9-15H2,1-3H3,(H,25,29). The number of hydrogen-bond donors (Lipinski definition) is 1. The van der Waals surface area contributed by atoms with Crippen molar-refractivity contribution in [3.8, 4) is 0 Å². The first-order chi connectivity index (χ1) is 14.9. The maximum absolute atomic E-state index is 13.5. The van der Waals surface area contributed by atoms with Crippen LogP contribution in [-0.2, 0) is 37.1 Å². The highest BCUT2D eigenvalue weighted by Gasteiger charge is 2.25. The Hall–Kier alpha value is -2.51. The van der Waals surface area contributed by atoms with Crippen LogP contribution in [0.3, 0.4) is 0 Å². The average molecular weight is 439 g/mol. The Balaban J connectivity index is 1.59. The van der Waals surface area contributed by atoms with Crippen molar-refractivity contribution in [1.29, 1.82) is 0 Å². The molecule has 2 aromatic heterocycles. The van der Waals surface area contributed by atoms with Crippen LogP contribution in [0.15, 0.2) is 35.1 Å². The lowest BCUT2D eigenvalue weighted by Crippen LogP contribution is -2.36. The molecule has 0 saturated carbocycles. The fraction of sp³-hybridized carbons (Fsp3) is 0.458. The van der Waals surface area contributed by atoms with E-state index >= 15 is 0 Å². The summed E-state index contributed by atoms with van der Waals surface area (Å²) in [5.41, 5.74) is 2.26. The second-order valence-corrected chi connectivity index (χ2v) is 9.86. The summed E-state index contributed by atoms with van der Waals surface area (Å²) in [5.74, 6) is 1.13. The minimum absolute atomic E-state index is 0.000753. The van der Waals surface area contributed by atoms with E-state index in [1.54, 1.807) is 15.9 Å². The Morgan fingerprint density at radius 1 is 1.29 bits per heavy atom. The minimum Gasteiger partial charge on any atom is -0.354 e. The van der Waals surface area contributed by atoms with Gasteiger partial charge in [0.05, 0.1) is 11.9 Å². The monoisotopic (exact) mass is 438 g/mol. The summed E-state index contributed by atoms with van der Waals surface area (Å²) in [5, 5.41) is 3.69. The largest absolute Gasteiger partial charge is 0.354 e. The van der Waals surface area contributed by atoms with Gasteiger partial charge < -0.3 is 10.2 Å². The maximum atomic E-state index is 13.5. The van der Waals surface area contributed by atoms with E-state index in [1.165, 1.54) is 10.4 Å². The van der Waals surface area contributed by atoms with E-state index in [2.05, 4.69) is 12.2 Å². The van der Waals surface area contributed by atoms with Crippen molar-refractivity contribution in [2.75, 3.05) is 20.6 Å². The van der Waals surface area contributed by atoms with Gasteiger partial charge in [-0.1, -0.05) is 37.3 Å². The summed E-state index contributed by atoms with van der Waals surface area (Å²) in [7, 11) is 3.89. The van der Waals surface area contributed by atoms with Crippen LogP contribution in [0.4, 0.5) is 0 Å². The van der Waals surface area contributed by atoms with E-state index in [9.17, 15) is 9.59 Å². The molecule has 164 valence electrons. The van der Waals surface area contributed by atoms with E-state index in [0.29, 0.717) is 24.8 Å². The van der Waals surface area contributed by atoms with Gasteiger partial charge in [0.15, 0.2) is 0 Å². The molecule has 0 fully saturated rings. The summed E-state index contributed by atoms with van der Waals surface area (Å²) in [4.78, 5) is 35.1. The first kappa shape index (κ1) is 21.7. The number of benzene rings is 1. The van der Waals surface area contributed by atoms with Gasteiger partial charge in [0, 0.05) is 11.4 Å². The predicted molar refractivity (Wildman–Crippen MR) is 126 cm³/mol. The van der Waals surface area contributed by atoms with E-state index in [-0.39, 0.29) is 18.0 Å². The van der Waals surface area contributed by atoms with Gasteiger partial charge in [0.2, 0.25) is 5.91 Å². The van der Waals surface area contributed by atoms with E-state index in [4.69, 9.17) is 4.98 Å². The number of thiophene rings is 1. The van der Waals surface area contributed by atoms with Crippen LogP contribution in [0.1, 0.15) is 35.2 Å². The molecule has 1 unspecified atom stereocenters. The van der Waals surface area contributed by atoms with Crippen LogP contribution in [0, 0.1) is 5.92 Å². The van der Waals surface area contributed by atoms with E-state index in [0.717, 1.165) is 41.5 Å². The lowest BCUT2D eigenvalue weighted by Gasteiger charge is -2.18. The van der Waals surface area contributed by atoms with Crippen LogP contribution in [0.5, 0.6) is 0 Å². The summed E-state index contributed by atoms with van der Waals surface area (Å²) in [6.07, 6.45) is 3.79. The zero-order chi connectivity index (χ0) is 22.0. The van der Waals surface area contributed by atoms with Gasteiger partial charge in [0.25, 0.3) is 5.56 Å². The number of aromatic nitrogens is 2. The van der Waals surface area contributed by atoms with Gasteiger partial charge >= 0.3 is 0 Å². The fourth-order valence-corrected chi connectivity index (χ4v) is 5.61. The molecule has 3 aromatic rings. The van der Waals surface area contributed by atoms with Crippen molar-refractivity contribution in [2.45, 2.75) is 45.7 Å². The third kappa shape index (κ3) is 4.88. The van der Waals surface area contributed by atoms with Gasteiger partial charge in [-0.05, 0) is 56.8 Å². The summed E-state index contributed by atoms with van der Waals surface area (Å²) in [6, 6.07) is 10.1. The number of fused-ring (bicyclic) bond motifs is 3. The molecule has 1 aliphatic carbocycles. The molecule has 2 heterocycles. The second-order valence-electron chi connectivity index (χ2n) is 8.77. The Labute approximate surface area is 186 Å². The van der Waals surface area contributed by atoms with Crippen molar-refractivity contribution in [3.63, 3.8) is 0 Å². The Bertz CT molecular complexity index is 1130. The molecule has 0 radical (unpaired) electrons. The van der Waals surface area contributed by atoms with Crippen LogP contribution in [-0.4, -0.2) is 41.0 Å². The highest BCUT2D eigenvalue weighted by atomic mass is 32.1. The zero-order valence-corrected chi connectivity index (χ0v) is 19.3. The fourth-order valence-electron chi connectivity index (χ4n) is 4.22. The molecule has 1 aliphatic rings.